The second-order valence-corrected chi connectivity index (χ2v) is 6.52. The zero-order valence-electron chi connectivity index (χ0n) is 11.6. The number of aromatic nitrogens is 1. The third kappa shape index (κ3) is 2.20. The van der Waals surface area contributed by atoms with E-state index in [9.17, 15) is 8.78 Å². The van der Waals surface area contributed by atoms with Crippen LogP contribution in [0.3, 0.4) is 0 Å². The molecular weight excluding hydrogens is 246 g/mol. The number of rotatable bonds is 2. The lowest BCUT2D eigenvalue weighted by Crippen LogP contribution is -2.58. The lowest BCUT2D eigenvalue weighted by atomic mass is 9.62. The third-order valence-electron chi connectivity index (χ3n) is 4.91. The molecule has 0 radical (unpaired) electrons. The van der Waals surface area contributed by atoms with Crippen LogP contribution in [-0.2, 0) is 0 Å². The molecule has 0 unspecified atom stereocenters. The van der Waals surface area contributed by atoms with Gasteiger partial charge in [0, 0.05) is 49.3 Å². The van der Waals surface area contributed by atoms with Gasteiger partial charge in [-0.2, -0.15) is 0 Å². The van der Waals surface area contributed by atoms with Gasteiger partial charge in [0.15, 0.2) is 0 Å². The fourth-order valence-corrected chi connectivity index (χ4v) is 3.47. The molecule has 2 nitrogen and oxygen atoms in total. The standard InChI is InChI=1S/C15H22F2N2/c1-11(2)19-8-3-12(9-19)13-14(10-18-13)4-6-15(16,17)7-5-14/h3,8-9,11,13,18H,4-7,10H2,1-2H3/t13-/m0/s1. The summed E-state index contributed by atoms with van der Waals surface area (Å²) in [5.74, 6) is -2.44. The summed E-state index contributed by atoms with van der Waals surface area (Å²) in [7, 11) is 0. The van der Waals surface area contributed by atoms with Crippen molar-refractivity contribution < 1.29 is 8.78 Å². The van der Waals surface area contributed by atoms with Crippen molar-refractivity contribution in [2.75, 3.05) is 6.54 Å². The smallest absolute Gasteiger partial charge is 0.248 e. The number of hydrogen-bond acceptors (Lipinski definition) is 1. The first-order valence-electron chi connectivity index (χ1n) is 7.21. The topological polar surface area (TPSA) is 17.0 Å². The van der Waals surface area contributed by atoms with Gasteiger partial charge in [-0.15, -0.1) is 0 Å². The van der Waals surface area contributed by atoms with Gasteiger partial charge < -0.3 is 9.88 Å². The Morgan fingerprint density at radius 1 is 1.26 bits per heavy atom. The Hall–Kier alpha value is -0.900. The Kier molecular flexibility index (Phi) is 2.97. The summed E-state index contributed by atoms with van der Waals surface area (Å²) in [6, 6.07) is 2.84. The van der Waals surface area contributed by atoms with Crippen molar-refractivity contribution in [3.05, 3.63) is 24.0 Å². The molecule has 2 heterocycles. The quantitative estimate of drug-likeness (QED) is 0.860. The van der Waals surface area contributed by atoms with Crippen LogP contribution in [0.5, 0.6) is 0 Å². The van der Waals surface area contributed by atoms with Gasteiger partial charge in [0.2, 0.25) is 5.92 Å². The van der Waals surface area contributed by atoms with Crippen LogP contribution in [0.25, 0.3) is 0 Å². The van der Waals surface area contributed by atoms with Crippen LogP contribution in [0, 0.1) is 5.41 Å². The van der Waals surface area contributed by atoms with E-state index in [-0.39, 0.29) is 24.3 Å². The highest BCUT2D eigenvalue weighted by atomic mass is 19.3. The fourth-order valence-electron chi connectivity index (χ4n) is 3.47. The Bertz CT molecular complexity index is 454. The molecule has 0 amide bonds. The van der Waals surface area contributed by atoms with Crippen LogP contribution in [0.2, 0.25) is 0 Å². The largest absolute Gasteiger partial charge is 0.351 e. The van der Waals surface area contributed by atoms with E-state index in [4.69, 9.17) is 0 Å². The average Bonchev–Trinajstić information content (AvgIpc) is 2.77. The van der Waals surface area contributed by atoms with Gasteiger partial charge in [-0.3, -0.25) is 0 Å². The molecule has 1 saturated heterocycles. The highest BCUT2D eigenvalue weighted by molar-refractivity contribution is 5.24. The highest BCUT2D eigenvalue weighted by Crippen LogP contribution is 2.54. The zero-order chi connectivity index (χ0) is 13.7. The number of halogens is 2. The maximum atomic E-state index is 13.3. The van der Waals surface area contributed by atoms with Crippen LogP contribution in [0.4, 0.5) is 8.78 Å². The molecule has 1 aliphatic heterocycles. The van der Waals surface area contributed by atoms with Crippen molar-refractivity contribution in [2.24, 2.45) is 5.41 Å². The molecule has 1 N–H and O–H groups in total. The van der Waals surface area contributed by atoms with Crippen LogP contribution < -0.4 is 5.32 Å². The van der Waals surface area contributed by atoms with E-state index in [1.54, 1.807) is 0 Å². The predicted molar refractivity (Wildman–Crippen MR) is 71.4 cm³/mol. The van der Waals surface area contributed by atoms with Gasteiger partial charge in [0.05, 0.1) is 0 Å². The summed E-state index contributed by atoms with van der Waals surface area (Å²) in [6.45, 7) is 5.18. The van der Waals surface area contributed by atoms with Gasteiger partial charge in [-0.05, 0) is 38.3 Å². The van der Waals surface area contributed by atoms with E-state index >= 15 is 0 Å². The minimum absolute atomic E-state index is 0.0517. The van der Waals surface area contributed by atoms with Gasteiger partial charge in [0.25, 0.3) is 0 Å². The first-order valence-corrected chi connectivity index (χ1v) is 7.21. The molecule has 1 spiro atoms. The van der Waals surface area contributed by atoms with Crippen molar-refractivity contribution in [2.45, 2.75) is 57.5 Å². The zero-order valence-corrected chi connectivity index (χ0v) is 11.6. The van der Waals surface area contributed by atoms with E-state index < -0.39 is 5.92 Å². The van der Waals surface area contributed by atoms with Crippen molar-refractivity contribution in [3.8, 4) is 0 Å². The minimum atomic E-state index is -2.44. The van der Waals surface area contributed by atoms with Crippen molar-refractivity contribution in [1.29, 1.82) is 0 Å². The third-order valence-corrected chi connectivity index (χ3v) is 4.91. The monoisotopic (exact) mass is 268 g/mol. The second kappa shape index (κ2) is 4.30. The second-order valence-electron chi connectivity index (χ2n) is 6.52. The maximum Gasteiger partial charge on any atom is 0.248 e. The average molecular weight is 268 g/mol. The maximum absolute atomic E-state index is 13.3. The van der Waals surface area contributed by atoms with E-state index in [2.05, 4.69) is 42.2 Å². The van der Waals surface area contributed by atoms with Gasteiger partial charge in [-0.25, -0.2) is 8.78 Å². The van der Waals surface area contributed by atoms with E-state index in [1.807, 2.05) is 0 Å². The molecule has 4 heteroatoms. The van der Waals surface area contributed by atoms with E-state index in [0.29, 0.717) is 18.9 Å². The molecular formula is C15H22F2N2. The number of nitrogens with zero attached hydrogens (tertiary/aromatic N) is 1. The van der Waals surface area contributed by atoms with Gasteiger partial charge >= 0.3 is 0 Å². The first-order chi connectivity index (χ1) is 8.92. The molecule has 1 aliphatic carbocycles. The molecule has 1 saturated carbocycles. The van der Waals surface area contributed by atoms with Crippen LogP contribution in [0.15, 0.2) is 18.5 Å². The minimum Gasteiger partial charge on any atom is -0.351 e. The molecule has 0 bridgehead atoms. The molecule has 0 aromatic carbocycles. The van der Waals surface area contributed by atoms with Gasteiger partial charge in [0.1, 0.15) is 0 Å². The predicted octanol–water partition coefficient (Wildman–Crippen LogP) is 3.91. The first kappa shape index (κ1) is 13.1. The molecule has 3 rings (SSSR count). The van der Waals surface area contributed by atoms with E-state index in [0.717, 1.165) is 6.54 Å². The normalized spacial score (nSPS) is 28.6. The molecule has 1 atom stereocenters. The summed E-state index contributed by atoms with van der Waals surface area (Å²) in [5.41, 5.74) is 1.33. The number of nitrogens with one attached hydrogen (secondary N) is 1. The molecule has 2 aliphatic rings. The van der Waals surface area contributed by atoms with E-state index in [1.165, 1.54) is 5.56 Å². The summed E-state index contributed by atoms with van der Waals surface area (Å²) < 4.78 is 28.8. The Morgan fingerprint density at radius 2 is 1.95 bits per heavy atom. The Morgan fingerprint density at radius 3 is 2.42 bits per heavy atom. The Balaban J connectivity index is 1.75. The van der Waals surface area contributed by atoms with Crippen molar-refractivity contribution >= 4 is 0 Å². The summed E-state index contributed by atoms with van der Waals surface area (Å²) in [4.78, 5) is 0. The van der Waals surface area contributed by atoms with Crippen LogP contribution in [-0.4, -0.2) is 17.0 Å². The Labute approximate surface area is 113 Å². The molecule has 1 aromatic heterocycles. The summed E-state index contributed by atoms with van der Waals surface area (Å²) in [6.07, 6.45) is 5.64. The van der Waals surface area contributed by atoms with Crippen molar-refractivity contribution in [1.82, 2.24) is 9.88 Å². The van der Waals surface area contributed by atoms with Crippen LogP contribution in [0.1, 0.15) is 57.2 Å². The van der Waals surface area contributed by atoms with Gasteiger partial charge in [-0.1, -0.05) is 0 Å². The highest BCUT2D eigenvalue weighted by Gasteiger charge is 2.52. The molecule has 2 fully saturated rings. The fraction of sp³-hybridized carbons (Fsp3) is 0.733. The molecule has 106 valence electrons. The number of alkyl halides is 2. The lowest BCUT2D eigenvalue weighted by molar-refractivity contribution is -0.0955. The van der Waals surface area contributed by atoms with Crippen LogP contribution >= 0.6 is 0 Å². The lowest BCUT2D eigenvalue weighted by Gasteiger charge is -2.54. The summed E-state index contributed by atoms with van der Waals surface area (Å²) in [5, 5.41) is 3.44. The number of hydrogen-bond donors (Lipinski definition) is 1. The molecule has 1 aromatic rings. The SMILES string of the molecule is CC(C)n1ccc([C@@H]2NCC23CCC(F)(F)CC3)c1. The molecule has 19 heavy (non-hydrogen) atoms. The summed E-state index contributed by atoms with van der Waals surface area (Å²) >= 11 is 0. The van der Waals surface area contributed by atoms with Crippen molar-refractivity contribution in [3.63, 3.8) is 0 Å².